The van der Waals surface area contributed by atoms with E-state index in [0.717, 1.165) is 10.0 Å². The van der Waals surface area contributed by atoms with Gasteiger partial charge in [-0.15, -0.1) is 0 Å². The average molecular weight is 349 g/mol. The van der Waals surface area contributed by atoms with Gasteiger partial charge >= 0.3 is 0 Å². The van der Waals surface area contributed by atoms with Crippen molar-refractivity contribution in [2.24, 2.45) is 0 Å². The minimum Gasteiger partial charge on any atom is -0.346 e. The number of pyridine rings is 1. The number of rotatable bonds is 3. The Hall–Kier alpha value is -1.76. The molecule has 0 saturated carbocycles. The van der Waals surface area contributed by atoms with Crippen molar-refractivity contribution in [2.75, 3.05) is 18.5 Å². The van der Waals surface area contributed by atoms with Crippen molar-refractivity contribution >= 4 is 27.5 Å². The third kappa shape index (κ3) is 3.47. The van der Waals surface area contributed by atoms with Gasteiger partial charge in [-0.2, -0.15) is 0 Å². The number of ether oxygens (including phenoxy) is 2. The molecule has 1 N–H and O–H groups in total. The van der Waals surface area contributed by atoms with E-state index in [1.54, 1.807) is 18.3 Å². The number of carbonyl (C=O) groups is 1. The lowest BCUT2D eigenvalue weighted by atomic mass is 10.2. The summed E-state index contributed by atoms with van der Waals surface area (Å²) in [4.78, 5) is 16.2. The molecule has 1 aromatic heterocycles. The molecular weight excluding hydrogens is 336 g/mol. The Bertz CT molecular complexity index is 657. The van der Waals surface area contributed by atoms with Crippen LogP contribution in [0.15, 0.2) is 47.1 Å². The minimum absolute atomic E-state index is 0.262. The number of amides is 1. The third-order valence-electron chi connectivity index (χ3n) is 2.99. The molecule has 3 rings (SSSR count). The first-order valence-electron chi connectivity index (χ1n) is 6.48. The molecule has 1 saturated heterocycles. The Morgan fingerprint density at radius 1 is 1.24 bits per heavy atom. The maximum Gasteiger partial charge on any atom is 0.274 e. The van der Waals surface area contributed by atoms with Gasteiger partial charge in [0.2, 0.25) is 0 Å². The van der Waals surface area contributed by atoms with E-state index >= 15 is 0 Å². The third-order valence-corrected chi connectivity index (χ3v) is 3.49. The average Bonchev–Trinajstić information content (AvgIpc) is 3.02. The molecule has 0 unspecified atom stereocenters. The van der Waals surface area contributed by atoms with E-state index in [2.05, 4.69) is 26.2 Å². The molecule has 108 valence electrons. The van der Waals surface area contributed by atoms with Crippen LogP contribution in [-0.4, -0.2) is 24.1 Å². The topological polar surface area (TPSA) is 60.5 Å². The van der Waals surface area contributed by atoms with Gasteiger partial charge in [0.1, 0.15) is 5.69 Å². The summed E-state index contributed by atoms with van der Waals surface area (Å²) in [7, 11) is 0. The predicted molar refractivity (Wildman–Crippen MR) is 81.0 cm³/mol. The number of anilines is 1. The molecule has 0 radical (unpaired) electrons. The van der Waals surface area contributed by atoms with Crippen molar-refractivity contribution < 1.29 is 14.3 Å². The Morgan fingerprint density at radius 2 is 2.05 bits per heavy atom. The zero-order valence-corrected chi connectivity index (χ0v) is 12.7. The molecule has 5 nitrogen and oxygen atoms in total. The summed E-state index contributed by atoms with van der Waals surface area (Å²) in [5, 5.41) is 2.82. The number of halogens is 1. The van der Waals surface area contributed by atoms with Gasteiger partial charge < -0.3 is 14.8 Å². The molecule has 1 aliphatic heterocycles. The van der Waals surface area contributed by atoms with Gasteiger partial charge in [-0.25, -0.2) is 0 Å². The van der Waals surface area contributed by atoms with Crippen molar-refractivity contribution in [3.05, 3.63) is 58.3 Å². The van der Waals surface area contributed by atoms with E-state index in [1.165, 1.54) is 0 Å². The van der Waals surface area contributed by atoms with E-state index in [4.69, 9.17) is 9.47 Å². The monoisotopic (exact) mass is 348 g/mol. The SMILES string of the molecule is O=C(Nc1cccc(C2OCCO2)c1)c1cc(Br)ccn1. The highest BCUT2D eigenvalue weighted by atomic mass is 79.9. The highest BCUT2D eigenvalue weighted by molar-refractivity contribution is 9.10. The highest BCUT2D eigenvalue weighted by Gasteiger charge is 2.18. The van der Waals surface area contributed by atoms with Crippen LogP contribution in [0.1, 0.15) is 22.3 Å². The van der Waals surface area contributed by atoms with E-state index in [-0.39, 0.29) is 12.2 Å². The maximum absolute atomic E-state index is 12.1. The lowest BCUT2D eigenvalue weighted by Gasteiger charge is -2.11. The molecule has 0 atom stereocenters. The van der Waals surface area contributed by atoms with Gasteiger partial charge in [-0.05, 0) is 24.3 Å². The minimum atomic E-state index is -0.356. The summed E-state index contributed by atoms with van der Waals surface area (Å²) >= 11 is 3.32. The summed E-state index contributed by atoms with van der Waals surface area (Å²) in [6, 6.07) is 10.8. The number of hydrogen-bond acceptors (Lipinski definition) is 4. The number of hydrogen-bond donors (Lipinski definition) is 1. The predicted octanol–water partition coefficient (Wildman–Crippen LogP) is 3.14. The largest absolute Gasteiger partial charge is 0.346 e. The number of aromatic nitrogens is 1. The summed E-state index contributed by atoms with van der Waals surface area (Å²) < 4.78 is 11.7. The van der Waals surface area contributed by atoms with Crippen molar-refractivity contribution in [3.8, 4) is 0 Å². The first-order chi connectivity index (χ1) is 10.2. The van der Waals surface area contributed by atoms with E-state index in [9.17, 15) is 4.79 Å². The maximum atomic E-state index is 12.1. The second-order valence-electron chi connectivity index (χ2n) is 4.51. The fourth-order valence-corrected chi connectivity index (χ4v) is 2.37. The molecule has 6 heteroatoms. The van der Waals surface area contributed by atoms with Crippen LogP contribution in [0.2, 0.25) is 0 Å². The Kier molecular flexibility index (Phi) is 4.28. The van der Waals surface area contributed by atoms with Gasteiger partial charge in [0, 0.05) is 21.9 Å². The number of nitrogens with one attached hydrogen (secondary N) is 1. The molecule has 0 bridgehead atoms. The van der Waals surface area contributed by atoms with Crippen LogP contribution in [0.4, 0.5) is 5.69 Å². The van der Waals surface area contributed by atoms with Gasteiger partial charge in [0.25, 0.3) is 5.91 Å². The molecule has 1 fully saturated rings. The fourth-order valence-electron chi connectivity index (χ4n) is 2.04. The summed E-state index contributed by atoms with van der Waals surface area (Å²) in [5.74, 6) is -0.262. The van der Waals surface area contributed by atoms with E-state index in [0.29, 0.717) is 24.6 Å². The standard InChI is InChI=1S/C15H13BrN2O3/c16-11-4-5-17-13(9-11)14(19)18-12-3-1-2-10(8-12)15-20-6-7-21-15/h1-5,8-9,15H,6-7H2,(H,18,19). The number of benzene rings is 1. The van der Waals surface area contributed by atoms with Crippen LogP contribution in [0.25, 0.3) is 0 Å². The Labute approximate surface area is 130 Å². The van der Waals surface area contributed by atoms with Crippen LogP contribution in [0.3, 0.4) is 0 Å². The van der Waals surface area contributed by atoms with Crippen molar-refractivity contribution in [3.63, 3.8) is 0 Å². The summed E-state index contributed by atoms with van der Waals surface area (Å²) in [6.07, 6.45) is 1.22. The molecule has 21 heavy (non-hydrogen) atoms. The van der Waals surface area contributed by atoms with Crippen LogP contribution in [0.5, 0.6) is 0 Å². The molecule has 0 spiro atoms. The van der Waals surface area contributed by atoms with Gasteiger partial charge in [-0.3, -0.25) is 9.78 Å². The second-order valence-corrected chi connectivity index (χ2v) is 5.43. The van der Waals surface area contributed by atoms with Crippen molar-refractivity contribution in [1.82, 2.24) is 4.98 Å². The lowest BCUT2D eigenvalue weighted by molar-refractivity contribution is -0.0440. The molecule has 2 heterocycles. The normalized spacial score (nSPS) is 15.1. The zero-order valence-electron chi connectivity index (χ0n) is 11.1. The van der Waals surface area contributed by atoms with Crippen LogP contribution in [-0.2, 0) is 9.47 Å². The van der Waals surface area contributed by atoms with Crippen LogP contribution in [0, 0.1) is 0 Å². The summed E-state index contributed by atoms with van der Waals surface area (Å²) in [5.41, 5.74) is 1.91. The van der Waals surface area contributed by atoms with Gasteiger partial charge in [-0.1, -0.05) is 28.1 Å². The Morgan fingerprint density at radius 3 is 2.81 bits per heavy atom. The number of nitrogens with zero attached hydrogens (tertiary/aromatic N) is 1. The molecule has 1 aliphatic rings. The van der Waals surface area contributed by atoms with E-state index in [1.807, 2.05) is 24.3 Å². The molecular formula is C15H13BrN2O3. The first-order valence-corrected chi connectivity index (χ1v) is 7.28. The first kappa shape index (κ1) is 14.2. The summed E-state index contributed by atoms with van der Waals surface area (Å²) in [6.45, 7) is 1.17. The zero-order chi connectivity index (χ0) is 14.7. The van der Waals surface area contributed by atoms with Crippen molar-refractivity contribution in [1.29, 1.82) is 0 Å². The van der Waals surface area contributed by atoms with E-state index < -0.39 is 0 Å². The molecule has 2 aromatic rings. The molecule has 1 amide bonds. The molecule has 0 aliphatic carbocycles. The smallest absolute Gasteiger partial charge is 0.274 e. The highest BCUT2D eigenvalue weighted by Crippen LogP contribution is 2.25. The van der Waals surface area contributed by atoms with Crippen LogP contribution < -0.4 is 5.32 Å². The Balaban J connectivity index is 1.75. The second kappa shape index (κ2) is 6.34. The van der Waals surface area contributed by atoms with Gasteiger partial charge in [0.15, 0.2) is 6.29 Å². The lowest BCUT2D eigenvalue weighted by Crippen LogP contribution is -2.13. The quantitative estimate of drug-likeness (QED) is 0.925. The van der Waals surface area contributed by atoms with Crippen molar-refractivity contribution in [2.45, 2.75) is 6.29 Å². The fraction of sp³-hybridized carbons (Fsp3) is 0.200. The van der Waals surface area contributed by atoms with Gasteiger partial charge in [0.05, 0.1) is 13.2 Å². The van der Waals surface area contributed by atoms with Crippen LogP contribution >= 0.6 is 15.9 Å². The molecule has 1 aromatic carbocycles. The number of carbonyl (C=O) groups excluding carboxylic acids is 1.